The molecule has 90 valence electrons. The summed E-state index contributed by atoms with van der Waals surface area (Å²) in [6, 6.07) is 8.39. The van der Waals surface area contributed by atoms with Crippen molar-refractivity contribution in [2.24, 2.45) is 5.92 Å². The van der Waals surface area contributed by atoms with Crippen LogP contribution >= 0.6 is 0 Å². The summed E-state index contributed by atoms with van der Waals surface area (Å²) in [5, 5.41) is 9.95. The first-order chi connectivity index (χ1) is 7.38. The van der Waals surface area contributed by atoms with Gasteiger partial charge in [0.05, 0.1) is 6.10 Å². The molecule has 0 radical (unpaired) electrons. The monoisotopic (exact) mass is 220 g/mol. The van der Waals surface area contributed by atoms with Gasteiger partial charge in [0.1, 0.15) is 0 Å². The van der Waals surface area contributed by atoms with E-state index in [1.807, 2.05) is 13.8 Å². The SMILES string of the molecule is CCC(C)(C)c1ccc(C(O)C(C)C)cc1. The number of benzene rings is 1. The van der Waals surface area contributed by atoms with E-state index < -0.39 is 0 Å². The smallest absolute Gasteiger partial charge is 0.0812 e. The molecule has 0 aliphatic rings. The second kappa shape index (κ2) is 5.01. The molecule has 1 heteroatoms. The first-order valence-electron chi connectivity index (χ1n) is 6.17. The average molecular weight is 220 g/mol. The van der Waals surface area contributed by atoms with Crippen molar-refractivity contribution in [2.75, 3.05) is 0 Å². The molecule has 1 unspecified atom stereocenters. The van der Waals surface area contributed by atoms with Crippen LogP contribution in [-0.2, 0) is 5.41 Å². The Morgan fingerprint density at radius 1 is 1.12 bits per heavy atom. The van der Waals surface area contributed by atoms with Gasteiger partial charge in [0.25, 0.3) is 0 Å². The minimum atomic E-state index is -0.348. The Bertz CT molecular complexity index is 322. The van der Waals surface area contributed by atoms with Gasteiger partial charge in [0, 0.05) is 0 Å². The van der Waals surface area contributed by atoms with Crippen LogP contribution in [-0.4, -0.2) is 5.11 Å². The van der Waals surface area contributed by atoms with Gasteiger partial charge in [-0.15, -0.1) is 0 Å². The molecule has 1 aromatic rings. The normalized spacial score (nSPS) is 14.2. The first-order valence-corrected chi connectivity index (χ1v) is 6.17. The van der Waals surface area contributed by atoms with Crippen molar-refractivity contribution < 1.29 is 5.11 Å². The third kappa shape index (κ3) is 2.85. The zero-order chi connectivity index (χ0) is 12.3. The van der Waals surface area contributed by atoms with Crippen LogP contribution in [0.3, 0.4) is 0 Å². The zero-order valence-electron chi connectivity index (χ0n) is 11.1. The van der Waals surface area contributed by atoms with Crippen LogP contribution in [0.25, 0.3) is 0 Å². The average Bonchev–Trinajstić information content (AvgIpc) is 2.28. The van der Waals surface area contributed by atoms with E-state index in [4.69, 9.17) is 0 Å². The fraction of sp³-hybridized carbons (Fsp3) is 0.600. The van der Waals surface area contributed by atoms with Crippen molar-refractivity contribution in [3.05, 3.63) is 35.4 Å². The van der Waals surface area contributed by atoms with Crippen LogP contribution < -0.4 is 0 Å². The molecule has 1 atom stereocenters. The van der Waals surface area contributed by atoms with Crippen LogP contribution in [0.2, 0.25) is 0 Å². The summed E-state index contributed by atoms with van der Waals surface area (Å²) in [4.78, 5) is 0. The molecule has 1 nitrogen and oxygen atoms in total. The second-order valence-electron chi connectivity index (χ2n) is 5.55. The van der Waals surface area contributed by atoms with Gasteiger partial charge in [-0.05, 0) is 28.9 Å². The Labute approximate surface area is 99.5 Å². The van der Waals surface area contributed by atoms with Gasteiger partial charge in [-0.25, -0.2) is 0 Å². The zero-order valence-corrected chi connectivity index (χ0v) is 11.1. The van der Waals surface area contributed by atoms with Gasteiger partial charge in [0.15, 0.2) is 0 Å². The quantitative estimate of drug-likeness (QED) is 0.811. The van der Waals surface area contributed by atoms with Gasteiger partial charge in [0.2, 0.25) is 0 Å². The molecule has 0 aliphatic heterocycles. The van der Waals surface area contributed by atoms with Crippen molar-refractivity contribution in [1.82, 2.24) is 0 Å². The summed E-state index contributed by atoms with van der Waals surface area (Å²) in [5.74, 6) is 0.269. The molecule has 0 saturated carbocycles. The molecule has 0 aliphatic carbocycles. The molecule has 0 bridgehead atoms. The summed E-state index contributed by atoms with van der Waals surface area (Å²) < 4.78 is 0. The highest BCUT2D eigenvalue weighted by Gasteiger charge is 2.18. The highest BCUT2D eigenvalue weighted by Crippen LogP contribution is 2.29. The Kier molecular flexibility index (Phi) is 4.15. The van der Waals surface area contributed by atoms with Crippen LogP contribution in [0.4, 0.5) is 0 Å². The molecule has 0 aromatic heterocycles. The number of hydrogen-bond acceptors (Lipinski definition) is 1. The van der Waals surface area contributed by atoms with E-state index in [-0.39, 0.29) is 17.4 Å². The lowest BCUT2D eigenvalue weighted by Gasteiger charge is -2.24. The Morgan fingerprint density at radius 2 is 1.62 bits per heavy atom. The molecule has 0 amide bonds. The highest BCUT2D eigenvalue weighted by molar-refractivity contribution is 5.29. The predicted molar refractivity (Wildman–Crippen MR) is 69.6 cm³/mol. The van der Waals surface area contributed by atoms with Crippen LogP contribution in [0.15, 0.2) is 24.3 Å². The molecule has 1 N–H and O–H groups in total. The summed E-state index contributed by atoms with van der Waals surface area (Å²) in [6.07, 6.45) is 0.776. The van der Waals surface area contributed by atoms with E-state index in [0.717, 1.165) is 12.0 Å². The van der Waals surface area contributed by atoms with E-state index in [0.29, 0.717) is 0 Å². The molecule has 16 heavy (non-hydrogen) atoms. The minimum absolute atomic E-state index is 0.224. The van der Waals surface area contributed by atoms with E-state index in [2.05, 4.69) is 45.0 Å². The summed E-state index contributed by atoms with van der Waals surface area (Å²) in [6.45, 7) is 10.8. The molecule has 0 saturated heterocycles. The van der Waals surface area contributed by atoms with Crippen molar-refractivity contribution in [3.63, 3.8) is 0 Å². The lowest BCUT2D eigenvalue weighted by Crippen LogP contribution is -2.15. The molecule has 0 fully saturated rings. The minimum Gasteiger partial charge on any atom is -0.388 e. The van der Waals surface area contributed by atoms with Crippen LogP contribution in [0.5, 0.6) is 0 Å². The number of rotatable bonds is 4. The summed E-state index contributed by atoms with van der Waals surface area (Å²) >= 11 is 0. The Morgan fingerprint density at radius 3 is 2.00 bits per heavy atom. The third-order valence-corrected chi connectivity index (χ3v) is 3.55. The molecule has 1 rings (SSSR count). The first kappa shape index (κ1) is 13.2. The highest BCUT2D eigenvalue weighted by atomic mass is 16.3. The Hall–Kier alpha value is -0.820. The summed E-state index contributed by atoms with van der Waals surface area (Å²) in [7, 11) is 0. The second-order valence-corrected chi connectivity index (χ2v) is 5.55. The fourth-order valence-corrected chi connectivity index (χ4v) is 1.72. The van der Waals surface area contributed by atoms with E-state index in [9.17, 15) is 5.11 Å². The largest absolute Gasteiger partial charge is 0.388 e. The molecule has 0 spiro atoms. The van der Waals surface area contributed by atoms with Crippen LogP contribution in [0.1, 0.15) is 58.3 Å². The van der Waals surface area contributed by atoms with Gasteiger partial charge in [-0.2, -0.15) is 0 Å². The van der Waals surface area contributed by atoms with Crippen molar-refractivity contribution in [1.29, 1.82) is 0 Å². The number of aliphatic hydroxyl groups is 1. The molecular formula is C15H24O. The lowest BCUT2D eigenvalue weighted by atomic mass is 9.81. The maximum absolute atomic E-state index is 9.95. The van der Waals surface area contributed by atoms with E-state index in [1.165, 1.54) is 5.56 Å². The van der Waals surface area contributed by atoms with E-state index >= 15 is 0 Å². The maximum atomic E-state index is 9.95. The van der Waals surface area contributed by atoms with Crippen molar-refractivity contribution in [2.45, 2.75) is 52.6 Å². The van der Waals surface area contributed by atoms with Crippen molar-refractivity contribution in [3.8, 4) is 0 Å². The van der Waals surface area contributed by atoms with Gasteiger partial charge in [-0.3, -0.25) is 0 Å². The standard InChI is InChI=1S/C15H24O/c1-6-15(4,5)13-9-7-12(8-10-13)14(16)11(2)3/h7-11,14,16H,6H2,1-5H3. The molecule has 0 heterocycles. The molecule has 1 aromatic carbocycles. The fourth-order valence-electron chi connectivity index (χ4n) is 1.72. The van der Waals surface area contributed by atoms with Crippen molar-refractivity contribution >= 4 is 0 Å². The van der Waals surface area contributed by atoms with Gasteiger partial charge in [-0.1, -0.05) is 58.9 Å². The topological polar surface area (TPSA) is 20.2 Å². The molecular weight excluding hydrogens is 196 g/mol. The van der Waals surface area contributed by atoms with E-state index in [1.54, 1.807) is 0 Å². The number of hydrogen-bond donors (Lipinski definition) is 1. The predicted octanol–water partition coefficient (Wildman–Crippen LogP) is 4.06. The van der Waals surface area contributed by atoms with Crippen LogP contribution in [0, 0.1) is 5.92 Å². The van der Waals surface area contributed by atoms with Gasteiger partial charge >= 0.3 is 0 Å². The number of aliphatic hydroxyl groups excluding tert-OH is 1. The van der Waals surface area contributed by atoms with Gasteiger partial charge < -0.3 is 5.11 Å². The third-order valence-electron chi connectivity index (χ3n) is 3.55. The maximum Gasteiger partial charge on any atom is 0.0812 e. The lowest BCUT2D eigenvalue weighted by molar-refractivity contribution is 0.127. The Balaban J connectivity index is 2.91. The summed E-state index contributed by atoms with van der Waals surface area (Å²) in [5.41, 5.74) is 2.58.